The van der Waals surface area contributed by atoms with Crippen LogP contribution in [0.3, 0.4) is 0 Å². The Hall–Kier alpha value is 0.220. The SMILES string of the molecule is CCC(Cl)CC(=O)OC1CN(CI)C[N+]1([O-])c1nnc(CCCl)s1. The van der Waals surface area contributed by atoms with Crippen LogP contribution in [0.15, 0.2) is 0 Å². The largest absolute Gasteiger partial charge is 0.622 e. The lowest BCUT2D eigenvalue weighted by molar-refractivity contribution is -0.153. The molecular formula is C13H19Cl2IN4O3S. The number of aromatic nitrogens is 2. The molecule has 1 aromatic heterocycles. The quantitative estimate of drug-likeness (QED) is 0.134. The number of quaternary nitrogens is 1. The van der Waals surface area contributed by atoms with E-state index < -0.39 is 16.8 Å². The summed E-state index contributed by atoms with van der Waals surface area (Å²) < 4.78 is 5.29. The third-order valence-electron chi connectivity index (χ3n) is 3.65. The molecule has 0 amide bonds. The molecule has 3 atom stereocenters. The Kier molecular flexibility index (Phi) is 7.91. The zero-order valence-corrected chi connectivity index (χ0v) is 17.6. The predicted molar refractivity (Wildman–Crippen MR) is 104 cm³/mol. The van der Waals surface area contributed by atoms with E-state index in [0.29, 0.717) is 34.8 Å². The Morgan fingerprint density at radius 2 is 2.38 bits per heavy atom. The topological polar surface area (TPSA) is 78.4 Å². The number of carbonyl (C=O) groups excluding carboxylic acids is 1. The highest BCUT2D eigenvalue weighted by molar-refractivity contribution is 14.1. The number of halogens is 3. The van der Waals surface area contributed by atoms with Gasteiger partial charge in [-0.1, -0.05) is 34.6 Å². The van der Waals surface area contributed by atoms with Gasteiger partial charge in [-0.3, -0.25) is 9.44 Å². The summed E-state index contributed by atoms with van der Waals surface area (Å²) in [6, 6.07) is 0. The Balaban J connectivity index is 2.15. The highest BCUT2D eigenvalue weighted by Crippen LogP contribution is 2.35. The summed E-state index contributed by atoms with van der Waals surface area (Å²) in [4.78, 5) is 14.0. The Morgan fingerprint density at radius 3 is 3.00 bits per heavy atom. The van der Waals surface area contributed by atoms with Gasteiger partial charge in [-0.15, -0.1) is 28.3 Å². The normalized spacial score (nSPS) is 25.8. The van der Waals surface area contributed by atoms with E-state index in [1.807, 2.05) is 11.8 Å². The summed E-state index contributed by atoms with van der Waals surface area (Å²) in [5.74, 6) is -0.0408. The fourth-order valence-corrected chi connectivity index (χ4v) is 4.12. The number of hydrogen-bond donors (Lipinski definition) is 0. The number of nitrogens with zero attached hydrogens (tertiary/aromatic N) is 4. The monoisotopic (exact) mass is 508 g/mol. The van der Waals surface area contributed by atoms with Crippen LogP contribution in [0.1, 0.15) is 24.8 Å². The summed E-state index contributed by atoms with van der Waals surface area (Å²) in [6.07, 6.45) is 0.456. The lowest BCUT2D eigenvalue weighted by atomic mass is 10.2. The van der Waals surface area contributed by atoms with Gasteiger partial charge in [-0.25, -0.2) is 4.90 Å². The molecule has 136 valence electrons. The second-order valence-corrected chi connectivity index (χ2v) is 8.20. The zero-order valence-electron chi connectivity index (χ0n) is 13.2. The molecule has 0 aliphatic carbocycles. The molecule has 1 aromatic rings. The first-order valence-corrected chi connectivity index (χ1v) is 10.8. The van der Waals surface area contributed by atoms with E-state index in [9.17, 15) is 10.0 Å². The molecule has 24 heavy (non-hydrogen) atoms. The molecule has 2 rings (SSSR count). The van der Waals surface area contributed by atoms with Crippen molar-refractivity contribution < 1.29 is 9.53 Å². The molecule has 1 aliphatic heterocycles. The van der Waals surface area contributed by atoms with Crippen LogP contribution < -0.4 is 4.65 Å². The number of hydroxylamine groups is 2. The van der Waals surface area contributed by atoms with E-state index in [1.165, 1.54) is 11.3 Å². The van der Waals surface area contributed by atoms with Crippen LogP contribution in [0.5, 0.6) is 0 Å². The number of esters is 1. The predicted octanol–water partition coefficient (Wildman–Crippen LogP) is 3.07. The van der Waals surface area contributed by atoms with Gasteiger partial charge in [0.05, 0.1) is 17.5 Å². The first-order chi connectivity index (χ1) is 11.4. The van der Waals surface area contributed by atoms with E-state index in [2.05, 4.69) is 32.8 Å². The minimum absolute atomic E-state index is 0.0897. The van der Waals surface area contributed by atoms with E-state index in [-0.39, 0.29) is 23.6 Å². The third kappa shape index (κ3) is 4.89. The summed E-state index contributed by atoms with van der Waals surface area (Å²) in [6.45, 7) is 2.43. The van der Waals surface area contributed by atoms with Crippen LogP contribution in [0.25, 0.3) is 0 Å². The second kappa shape index (κ2) is 9.24. The Morgan fingerprint density at radius 1 is 1.62 bits per heavy atom. The van der Waals surface area contributed by atoms with Crippen molar-refractivity contribution in [1.82, 2.24) is 19.7 Å². The lowest BCUT2D eigenvalue weighted by Gasteiger charge is -2.38. The van der Waals surface area contributed by atoms with Crippen molar-refractivity contribution in [2.24, 2.45) is 0 Å². The van der Waals surface area contributed by atoms with Gasteiger partial charge in [-0.2, -0.15) is 0 Å². The van der Waals surface area contributed by atoms with Crippen molar-refractivity contribution in [1.29, 1.82) is 0 Å². The van der Waals surface area contributed by atoms with Crippen LogP contribution in [-0.2, 0) is 16.0 Å². The van der Waals surface area contributed by atoms with Gasteiger partial charge >= 0.3 is 11.1 Å². The Bertz CT molecular complexity index is 567. The molecular weight excluding hydrogens is 490 g/mol. The highest BCUT2D eigenvalue weighted by atomic mass is 127. The average Bonchev–Trinajstić information content (AvgIpc) is 3.14. The van der Waals surface area contributed by atoms with Gasteiger partial charge in [0.2, 0.25) is 0 Å². The van der Waals surface area contributed by atoms with Gasteiger partial charge in [-0.05, 0) is 17.8 Å². The van der Waals surface area contributed by atoms with Crippen molar-refractivity contribution in [2.45, 2.75) is 37.8 Å². The first-order valence-electron chi connectivity index (χ1n) is 7.52. The maximum absolute atomic E-state index is 13.4. The van der Waals surface area contributed by atoms with Crippen LogP contribution in [0.4, 0.5) is 5.13 Å². The summed E-state index contributed by atoms with van der Waals surface area (Å²) >= 11 is 15.1. The van der Waals surface area contributed by atoms with E-state index >= 15 is 0 Å². The van der Waals surface area contributed by atoms with E-state index in [1.54, 1.807) is 0 Å². The van der Waals surface area contributed by atoms with Crippen molar-refractivity contribution in [3.8, 4) is 0 Å². The van der Waals surface area contributed by atoms with Crippen molar-refractivity contribution >= 4 is 68.2 Å². The number of alkyl halides is 3. The molecule has 2 heterocycles. The maximum atomic E-state index is 13.4. The van der Waals surface area contributed by atoms with Crippen LogP contribution in [0.2, 0.25) is 0 Å². The fraction of sp³-hybridized carbons (Fsp3) is 0.769. The molecule has 7 nitrogen and oxygen atoms in total. The minimum atomic E-state index is -0.857. The second-order valence-electron chi connectivity index (χ2n) is 5.48. The number of carbonyl (C=O) groups is 1. The van der Waals surface area contributed by atoms with Crippen LogP contribution >= 0.6 is 57.1 Å². The zero-order chi connectivity index (χ0) is 17.7. The molecule has 0 spiro atoms. The number of aryl methyl sites for hydroxylation is 1. The highest BCUT2D eigenvalue weighted by Gasteiger charge is 2.46. The van der Waals surface area contributed by atoms with Gasteiger partial charge in [0.25, 0.3) is 6.23 Å². The molecule has 1 aliphatic rings. The van der Waals surface area contributed by atoms with Crippen molar-refractivity contribution in [3.05, 3.63) is 10.2 Å². The maximum Gasteiger partial charge on any atom is 0.311 e. The molecule has 0 saturated carbocycles. The number of ether oxygens (including phenoxy) is 1. The molecule has 0 bridgehead atoms. The molecule has 0 N–H and O–H groups in total. The van der Waals surface area contributed by atoms with E-state index in [4.69, 9.17) is 27.9 Å². The van der Waals surface area contributed by atoms with Crippen molar-refractivity contribution in [3.63, 3.8) is 0 Å². The van der Waals surface area contributed by atoms with Crippen LogP contribution in [0, 0.1) is 5.21 Å². The number of hydrogen-bond acceptors (Lipinski definition) is 7. The first kappa shape index (κ1) is 20.5. The molecule has 3 unspecified atom stereocenters. The molecule has 1 fully saturated rings. The fourth-order valence-electron chi connectivity index (χ4n) is 2.30. The Labute approximate surface area is 168 Å². The minimum Gasteiger partial charge on any atom is -0.622 e. The van der Waals surface area contributed by atoms with Gasteiger partial charge in [0, 0.05) is 17.7 Å². The summed E-state index contributed by atoms with van der Waals surface area (Å²) in [7, 11) is 0. The summed E-state index contributed by atoms with van der Waals surface area (Å²) in [5, 5.41) is 22.1. The molecule has 1 saturated heterocycles. The van der Waals surface area contributed by atoms with E-state index in [0.717, 1.165) is 0 Å². The van der Waals surface area contributed by atoms with Gasteiger partial charge in [0.1, 0.15) is 11.7 Å². The molecule has 0 radical (unpaired) electrons. The summed E-state index contributed by atoms with van der Waals surface area (Å²) in [5.41, 5.74) is 0. The van der Waals surface area contributed by atoms with Crippen molar-refractivity contribution in [2.75, 3.05) is 23.6 Å². The average molecular weight is 509 g/mol. The van der Waals surface area contributed by atoms with Gasteiger partial charge < -0.3 is 9.94 Å². The molecule has 0 aromatic carbocycles. The third-order valence-corrected chi connectivity index (χ3v) is 6.36. The molecule has 11 heteroatoms. The smallest absolute Gasteiger partial charge is 0.311 e. The lowest BCUT2D eigenvalue weighted by Crippen LogP contribution is -2.51. The van der Waals surface area contributed by atoms with Gasteiger partial charge in [0.15, 0.2) is 0 Å². The van der Waals surface area contributed by atoms with Crippen LogP contribution in [-0.4, -0.2) is 56.3 Å². The standard InChI is InChI=1S/C13H19Cl2IN4O3S/c1-2-9(15)5-12(21)23-11-6-19(7-16)8-20(11,22)13-18-17-10(24-13)3-4-14/h9,11H,2-8H2,1H3. The number of rotatable bonds is 8.